The molecule has 128 valence electrons. The van der Waals surface area contributed by atoms with Crippen LogP contribution in [0.25, 0.3) is 0 Å². The SMILES string of the molecule is CCOc1ccc(N(CCC(=O)Nc2cc(C)on2)C(C)=O)cc1. The largest absolute Gasteiger partial charge is 0.494 e. The highest BCUT2D eigenvalue weighted by Gasteiger charge is 2.14. The Morgan fingerprint density at radius 3 is 2.54 bits per heavy atom. The summed E-state index contributed by atoms with van der Waals surface area (Å²) in [6.45, 7) is 5.97. The number of carbonyl (C=O) groups excluding carboxylic acids is 2. The van der Waals surface area contributed by atoms with Crippen LogP contribution in [-0.2, 0) is 9.59 Å². The first kappa shape index (κ1) is 17.5. The first-order valence-electron chi connectivity index (χ1n) is 7.73. The summed E-state index contributed by atoms with van der Waals surface area (Å²) in [5.74, 6) is 1.35. The number of nitrogens with zero attached hydrogens (tertiary/aromatic N) is 2. The minimum Gasteiger partial charge on any atom is -0.494 e. The second-order valence-corrected chi connectivity index (χ2v) is 5.22. The summed E-state index contributed by atoms with van der Waals surface area (Å²) in [7, 11) is 0. The van der Waals surface area contributed by atoms with Crippen molar-refractivity contribution < 1.29 is 18.8 Å². The van der Waals surface area contributed by atoms with Gasteiger partial charge in [-0.3, -0.25) is 9.59 Å². The quantitative estimate of drug-likeness (QED) is 0.843. The summed E-state index contributed by atoms with van der Waals surface area (Å²) in [5.41, 5.74) is 0.719. The van der Waals surface area contributed by atoms with Gasteiger partial charge in [0.05, 0.1) is 6.61 Å². The molecule has 24 heavy (non-hydrogen) atoms. The number of aryl methyl sites for hydroxylation is 1. The zero-order chi connectivity index (χ0) is 17.5. The van der Waals surface area contributed by atoms with Crippen molar-refractivity contribution >= 4 is 23.3 Å². The molecule has 7 nitrogen and oxygen atoms in total. The van der Waals surface area contributed by atoms with E-state index in [2.05, 4.69) is 10.5 Å². The summed E-state index contributed by atoms with van der Waals surface area (Å²) in [6.07, 6.45) is 0.151. The van der Waals surface area contributed by atoms with Gasteiger partial charge in [-0.15, -0.1) is 0 Å². The van der Waals surface area contributed by atoms with Gasteiger partial charge in [-0.05, 0) is 38.1 Å². The molecule has 0 fully saturated rings. The molecule has 1 aromatic heterocycles. The maximum absolute atomic E-state index is 12.0. The van der Waals surface area contributed by atoms with E-state index in [4.69, 9.17) is 9.26 Å². The van der Waals surface area contributed by atoms with Crippen LogP contribution < -0.4 is 15.0 Å². The molecule has 0 unspecified atom stereocenters. The Morgan fingerprint density at radius 2 is 2.00 bits per heavy atom. The third kappa shape index (κ3) is 4.84. The summed E-state index contributed by atoms with van der Waals surface area (Å²) in [5, 5.41) is 6.33. The smallest absolute Gasteiger partial charge is 0.227 e. The van der Waals surface area contributed by atoms with E-state index in [9.17, 15) is 9.59 Å². The van der Waals surface area contributed by atoms with Crippen molar-refractivity contribution in [3.8, 4) is 5.75 Å². The van der Waals surface area contributed by atoms with Crippen molar-refractivity contribution in [3.05, 3.63) is 36.1 Å². The summed E-state index contributed by atoms with van der Waals surface area (Å²) >= 11 is 0. The minimum absolute atomic E-state index is 0.135. The van der Waals surface area contributed by atoms with Crippen LogP contribution in [0.1, 0.15) is 26.0 Å². The van der Waals surface area contributed by atoms with Crippen molar-refractivity contribution in [2.24, 2.45) is 0 Å². The second-order valence-electron chi connectivity index (χ2n) is 5.22. The van der Waals surface area contributed by atoms with Crippen LogP contribution in [0.4, 0.5) is 11.5 Å². The first-order chi connectivity index (χ1) is 11.5. The number of amides is 2. The predicted octanol–water partition coefficient (Wildman–Crippen LogP) is 2.76. The molecule has 1 heterocycles. The fraction of sp³-hybridized carbons (Fsp3) is 0.353. The highest BCUT2D eigenvalue weighted by Crippen LogP contribution is 2.20. The summed E-state index contributed by atoms with van der Waals surface area (Å²) in [4.78, 5) is 25.4. The van der Waals surface area contributed by atoms with Gasteiger partial charge in [0.2, 0.25) is 11.8 Å². The van der Waals surface area contributed by atoms with Crippen molar-refractivity contribution in [1.82, 2.24) is 5.16 Å². The first-order valence-corrected chi connectivity index (χ1v) is 7.73. The average molecular weight is 331 g/mol. The zero-order valence-corrected chi connectivity index (χ0v) is 14.0. The zero-order valence-electron chi connectivity index (χ0n) is 14.0. The van der Waals surface area contributed by atoms with Crippen molar-refractivity contribution in [1.29, 1.82) is 0 Å². The average Bonchev–Trinajstić information content (AvgIpc) is 2.94. The van der Waals surface area contributed by atoms with Gasteiger partial charge in [-0.1, -0.05) is 5.16 Å². The van der Waals surface area contributed by atoms with E-state index in [-0.39, 0.29) is 24.8 Å². The number of hydrogen-bond donors (Lipinski definition) is 1. The number of anilines is 2. The molecule has 2 amide bonds. The highest BCUT2D eigenvalue weighted by atomic mass is 16.5. The Labute approximate surface area is 140 Å². The number of ether oxygens (including phenoxy) is 1. The molecule has 0 aliphatic carbocycles. The van der Waals surface area contributed by atoms with E-state index in [1.54, 1.807) is 42.2 Å². The Morgan fingerprint density at radius 1 is 1.29 bits per heavy atom. The number of aromatic nitrogens is 1. The molecule has 1 aromatic carbocycles. The van der Waals surface area contributed by atoms with Gasteiger partial charge >= 0.3 is 0 Å². The normalized spacial score (nSPS) is 10.3. The van der Waals surface area contributed by atoms with Crippen LogP contribution in [0, 0.1) is 6.92 Å². The van der Waals surface area contributed by atoms with Gasteiger partial charge in [-0.2, -0.15) is 0 Å². The van der Waals surface area contributed by atoms with Gasteiger partial charge in [0.1, 0.15) is 11.5 Å². The van der Waals surface area contributed by atoms with Gasteiger partial charge in [0.15, 0.2) is 5.82 Å². The third-order valence-electron chi connectivity index (χ3n) is 3.30. The predicted molar refractivity (Wildman–Crippen MR) is 90.1 cm³/mol. The standard InChI is InChI=1S/C17H21N3O4/c1-4-23-15-7-5-14(6-8-15)20(13(3)21)10-9-17(22)18-16-11-12(2)24-19-16/h5-8,11H,4,9-10H2,1-3H3,(H,18,19,22). The molecule has 0 spiro atoms. The lowest BCUT2D eigenvalue weighted by Crippen LogP contribution is -2.31. The molecule has 0 saturated heterocycles. The molecule has 0 aliphatic rings. The van der Waals surface area contributed by atoms with Crippen molar-refractivity contribution in [3.63, 3.8) is 0 Å². The van der Waals surface area contributed by atoms with Crippen molar-refractivity contribution in [2.75, 3.05) is 23.4 Å². The number of benzene rings is 1. The van der Waals surface area contributed by atoms with Crippen LogP contribution in [0.2, 0.25) is 0 Å². The van der Waals surface area contributed by atoms with E-state index in [1.165, 1.54) is 6.92 Å². The van der Waals surface area contributed by atoms with Gasteiger partial charge < -0.3 is 19.5 Å². The maximum Gasteiger partial charge on any atom is 0.227 e. The Hall–Kier alpha value is -2.83. The number of hydrogen-bond acceptors (Lipinski definition) is 5. The second kappa shape index (κ2) is 8.14. The van der Waals surface area contributed by atoms with Crippen molar-refractivity contribution in [2.45, 2.75) is 27.2 Å². The summed E-state index contributed by atoms with van der Waals surface area (Å²) in [6, 6.07) is 8.82. The van der Waals surface area contributed by atoms with Crippen LogP contribution in [-0.4, -0.2) is 30.1 Å². The molecule has 0 radical (unpaired) electrons. The van der Waals surface area contributed by atoms with Crippen LogP contribution >= 0.6 is 0 Å². The van der Waals surface area contributed by atoms with Crippen LogP contribution in [0.5, 0.6) is 5.75 Å². The van der Waals surface area contributed by atoms with E-state index >= 15 is 0 Å². The Kier molecular flexibility index (Phi) is 5.95. The van der Waals surface area contributed by atoms with Crippen LogP contribution in [0.3, 0.4) is 0 Å². The molecular weight excluding hydrogens is 310 g/mol. The molecule has 0 aliphatic heterocycles. The van der Waals surface area contributed by atoms with Gasteiger partial charge in [-0.25, -0.2) is 0 Å². The molecule has 2 aromatic rings. The molecular formula is C17H21N3O4. The minimum atomic E-state index is -0.236. The number of nitrogens with one attached hydrogen (secondary N) is 1. The lowest BCUT2D eigenvalue weighted by atomic mass is 10.2. The molecule has 1 N–H and O–H groups in total. The van der Waals surface area contributed by atoms with E-state index < -0.39 is 0 Å². The fourth-order valence-corrected chi connectivity index (χ4v) is 2.20. The van der Waals surface area contributed by atoms with E-state index in [0.29, 0.717) is 18.2 Å². The number of carbonyl (C=O) groups is 2. The molecule has 0 saturated carbocycles. The maximum atomic E-state index is 12.0. The highest BCUT2D eigenvalue weighted by molar-refractivity contribution is 5.94. The third-order valence-corrected chi connectivity index (χ3v) is 3.30. The Balaban J connectivity index is 1.95. The molecule has 2 rings (SSSR count). The lowest BCUT2D eigenvalue weighted by molar-refractivity contribution is -0.117. The van der Waals surface area contributed by atoms with Gasteiger partial charge in [0, 0.05) is 31.6 Å². The van der Waals surface area contributed by atoms with Crippen LogP contribution in [0.15, 0.2) is 34.9 Å². The van der Waals surface area contributed by atoms with E-state index in [1.807, 2.05) is 6.92 Å². The fourth-order valence-electron chi connectivity index (χ4n) is 2.20. The topological polar surface area (TPSA) is 84.7 Å². The Bertz CT molecular complexity index is 694. The molecule has 0 atom stereocenters. The lowest BCUT2D eigenvalue weighted by Gasteiger charge is -2.21. The van der Waals surface area contributed by atoms with E-state index in [0.717, 1.165) is 11.4 Å². The summed E-state index contributed by atoms with van der Waals surface area (Å²) < 4.78 is 10.3. The molecule has 7 heteroatoms. The molecule has 0 bridgehead atoms. The van der Waals surface area contributed by atoms with Gasteiger partial charge in [0.25, 0.3) is 0 Å². The number of rotatable bonds is 7. The monoisotopic (exact) mass is 331 g/mol.